The molecule has 0 bridgehead atoms. The molecule has 2 saturated heterocycles. The highest BCUT2D eigenvalue weighted by Crippen LogP contribution is 2.24. The summed E-state index contributed by atoms with van der Waals surface area (Å²) in [6, 6.07) is 15.3. The SMILES string of the molecule is CC(C(=O)N1CCC(Cc2ccccc2)CC1)N1CCN(S(=O)(=O)c2cccc(F)c2)CC1. The Hall–Kier alpha value is -2.29. The first kappa shape index (κ1) is 23.9. The van der Waals surface area contributed by atoms with E-state index in [0.29, 0.717) is 19.0 Å². The number of nitrogens with zero attached hydrogens (tertiary/aromatic N) is 3. The minimum Gasteiger partial charge on any atom is -0.341 e. The minimum atomic E-state index is -3.74. The fourth-order valence-electron chi connectivity index (χ4n) is 4.83. The van der Waals surface area contributed by atoms with Gasteiger partial charge in [0.25, 0.3) is 0 Å². The van der Waals surface area contributed by atoms with Crippen molar-refractivity contribution in [3.8, 4) is 0 Å². The predicted octanol–water partition coefficient (Wildman–Crippen LogP) is 3.00. The average Bonchev–Trinajstić information content (AvgIpc) is 2.84. The van der Waals surface area contributed by atoms with Crippen molar-refractivity contribution in [2.45, 2.75) is 37.1 Å². The van der Waals surface area contributed by atoms with Crippen LogP contribution >= 0.6 is 0 Å². The molecule has 2 heterocycles. The molecule has 2 aromatic carbocycles. The molecule has 0 saturated carbocycles. The molecule has 2 aliphatic rings. The van der Waals surface area contributed by atoms with Crippen molar-refractivity contribution in [3.63, 3.8) is 0 Å². The second-order valence-corrected chi connectivity index (χ2v) is 11.0. The number of hydrogen-bond donors (Lipinski definition) is 0. The van der Waals surface area contributed by atoms with Crippen LogP contribution in [0.3, 0.4) is 0 Å². The summed E-state index contributed by atoms with van der Waals surface area (Å²) in [5.41, 5.74) is 1.35. The second-order valence-electron chi connectivity index (χ2n) is 9.03. The summed E-state index contributed by atoms with van der Waals surface area (Å²) < 4.78 is 40.5. The van der Waals surface area contributed by atoms with Crippen molar-refractivity contribution >= 4 is 15.9 Å². The summed E-state index contributed by atoms with van der Waals surface area (Å²) >= 11 is 0. The van der Waals surface area contributed by atoms with E-state index in [0.717, 1.165) is 38.4 Å². The molecule has 0 spiro atoms. The minimum absolute atomic E-state index is 0.0292. The Balaban J connectivity index is 1.27. The van der Waals surface area contributed by atoms with Gasteiger partial charge in [0.15, 0.2) is 0 Å². The van der Waals surface area contributed by atoms with Gasteiger partial charge >= 0.3 is 0 Å². The number of benzene rings is 2. The zero-order valence-corrected chi connectivity index (χ0v) is 19.9. The van der Waals surface area contributed by atoms with Crippen LogP contribution in [-0.4, -0.2) is 73.7 Å². The van der Waals surface area contributed by atoms with Gasteiger partial charge in [-0.2, -0.15) is 4.31 Å². The molecule has 8 heteroatoms. The van der Waals surface area contributed by atoms with Crippen LogP contribution in [0.4, 0.5) is 4.39 Å². The van der Waals surface area contributed by atoms with Gasteiger partial charge in [-0.3, -0.25) is 9.69 Å². The summed E-state index contributed by atoms with van der Waals surface area (Å²) in [6.45, 7) is 4.99. The highest BCUT2D eigenvalue weighted by Gasteiger charge is 2.34. The zero-order chi connectivity index (χ0) is 23.4. The first-order valence-electron chi connectivity index (χ1n) is 11.7. The van der Waals surface area contributed by atoms with Gasteiger partial charge in [0.05, 0.1) is 10.9 Å². The molecule has 6 nitrogen and oxygen atoms in total. The van der Waals surface area contributed by atoms with Gasteiger partial charge in [-0.15, -0.1) is 0 Å². The van der Waals surface area contributed by atoms with E-state index in [9.17, 15) is 17.6 Å². The van der Waals surface area contributed by atoms with Gasteiger partial charge in [-0.05, 0) is 55.9 Å². The normalized spacial score (nSPS) is 20.0. The summed E-state index contributed by atoms with van der Waals surface area (Å²) in [4.78, 5) is 17.1. The summed E-state index contributed by atoms with van der Waals surface area (Å²) in [5, 5.41) is 0. The van der Waals surface area contributed by atoms with Crippen molar-refractivity contribution < 1.29 is 17.6 Å². The number of piperazine rings is 1. The maximum atomic E-state index is 13.5. The van der Waals surface area contributed by atoms with E-state index >= 15 is 0 Å². The smallest absolute Gasteiger partial charge is 0.243 e. The number of hydrogen-bond acceptors (Lipinski definition) is 4. The number of carbonyl (C=O) groups excluding carboxylic acids is 1. The molecule has 0 N–H and O–H groups in total. The van der Waals surface area contributed by atoms with Crippen LogP contribution < -0.4 is 0 Å². The molecular weight excluding hydrogens is 441 g/mol. The summed E-state index contributed by atoms with van der Waals surface area (Å²) in [7, 11) is -3.74. The van der Waals surface area contributed by atoms with Crippen molar-refractivity contribution in [3.05, 3.63) is 66.0 Å². The molecule has 0 aliphatic carbocycles. The molecular formula is C25H32FN3O3S. The van der Waals surface area contributed by atoms with Crippen LogP contribution in [0.15, 0.2) is 59.5 Å². The number of sulfonamides is 1. The second kappa shape index (κ2) is 10.3. The number of likely N-dealkylation sites (tertiary alicyclic amines) is 1. The third-order valence-electron chi connectivity index (χ3n) is 6.91. The van der Waals surface area contributed by atoms with Gasteiger partial charge < -0.3 is 4.90 Å². The lowest BCUT2D eigenvalue weighted by Crippen LogP contribution is -2.56. The third-order valence-corrected chi connectivity index (χ3v) is 8.80. The quantitative estimate of drug-likeness (QED) is 0.647. The van der Waals surface area contributed by atoms with E-state index in [1.165, 1.54) is 28.1 Å². The first-order chi connectivity index (χ1) is 15.8. The molecule has 1 atom stereocenters. The molecule has 4 rings (SSSR count). The molecule has 178 valence electrons. The summed E-state index contributed by atoms with van der Waals surface area (Å²) in [5.74, 6) is 0.152. The van der Waals surface area contributed by atoms with Crippen LogP contribution in [0.5, 0.6) is 0 Å². The van der Waals surface area contributed by atoms with Gasteiger partial charge in [0.2, 0.25) is 15.9 Å². The number of piperidine rings is 1. The van der Waals surface area contributed by atoms with Gasteiger partial charge in [0.1, 0.15) is 5.82 Å². The number of carbonyl (C=O) groups is 1. The van der Waals surface area contributed by atoms with Crippen molar-refractivity contribution in [1.82, 2.24) is 14.1 Å². The first-order valence-corrected chi connectivity index (χ1v) is 13.1. The molecule has 2 aliphatic heterocycles. The van der Waals surface area contributed by atoms with Crippen molar-refractivity contribution in [2.75, 3.05) is 39.3 Å². The monoisotopic (exact) mass is 473 g/mol. The molecule has 2 aromatic rings. The fraction of sp³-hybridized carbons (Fsp3) is 0.480. The lowest BCUT2D eigenvalue weighted by Gasteiger charge is -2.40. The molecule has 0 radical (unpaired) electrons. The number of halogens is 1. The molecule has 33 heavy (non-hydrogen) atoms. The van der Waals surface area contributed by atoms with Crippen LogP contribution in [-0.2, 0) is 21.2 Å². The van der Waals surface area contributed by atoms with Gasteiger partial charge in [0, 0.05) is 39.3 Å². The number of amides is 1. The lowest BCUT2D eigenvalue weighted by molar-refractivity contribution is -0.138. The largest absolute Gasteiger partial charge is 0.341 e. The van der Waals surface area contributed by atoms with E-state index in [2.05, 4.69) is 29.2 Å². The summed E-state index contributed by atoms with van der Waals surface area (Å²) in [6.07, 6.45) is 3.07. The Bertz CT molecular complexity index is 1050. The Labute approximate surface area is 196 Å². The topological polar surface area (TPSA) is 60.9 Å². The highest BCUT2D eigenvalue weighted by molar-refractivity contribution is 7.89. The molecule has 2 fully saturated rings. The Morgan fingerprint density at radius 1 is 0.970 bits per heavy atom. The molecule has 1 unspecified atom stereocenters. The Morgan fingerprint density at radius 3 is 2.27 bits per heavy atom. The van der Waals surface area contributed by atoms with Crippen LogP contribution in [0, 0.1) is 11.7 Å². The average molecular weight is 474 g/mol. The highest BCUT2D eigenvalue weighted by atomic mass is 32.2. The zero-order valence-electron chi connectivity index (χ0n) is 19.1. The fourth-order valence-corrected chi connectivity index (χ4v) is 6.29. The van der Waals surface area contributed by atoms with Crippen LogP contribution in [0.1, 0.15) is 25.3 Å². The molecule has 0 aromatic heterocycles. The van der Waals surface area contributed by atoms with Crippen molar-refractivity contribution in [2.24, 2.45) is 5.92 Å². The van der Waals surface area contributed by atoms with Crippen LogP contribution in [0.25, 0.3) is 0 Å². The van der Waals surface area contributed by atoms with Crippen LogP contribution in [0.2, 0.25) is 0 Å². The van der Waals surface area contributed by atoms with Gasteiger partial charge in [-0.1, -0.05) is 36.4 Å². The van der Waals surface area contributed by atoms with E-state index < -0.39 is 15.8 Å². The van der Waals surface area contributed by atoms with Gasteiger partial charge in [-0.25, -0.2) is 12.8 Å². The van der Waals surface area contributed by atoms with E-state index in [4.69, 9.17) is 0 Å². The molecule has 1 amide bonds. The predicted molar refractivity (Wildman–Crippen MR) is 126 cm³/mol. The van der Waals surface area contributed by atoms with E-state index in [1.54, 1.807) is 0 Å². The Kier molecular flexibility index (Phi) is 7.46. The van der Waals surface area contributed by atoms with E-state index in [1.807, 2.05) is 17.9 Å². The lowest BCUT2D eigenvalue weighted by atomic mass is 9.90. The third kappa shape index (κ3) is 5.62. The Morgan fingerprint density at radius 2 is 1.64 bits per heavy atom. The maximum absolute atomic E-state index is 13.5. The standard InChI is InChI=1S/C25H32FN3O3S/c1-20(25(30)28-12-10-22(11-13-28)18-21-6-3-2-4-7-21)27-14-16-29(17-15-27)33(31,32)24-9-5-8-23(26)19-24/h2-9,19-20,22H,10-18H2,1H3. The number of rotatable bonds is 6. The van der Waals surface area contributed by atoms with Crippen molar-refractivity contribution in [1.29, 1.82) is 0 Å². The maximum Gasteiger partial charge on any atom is 0.243 e. The van der Waals surface area contributed by atoms with E-state index in [-0.39, 0.29) is 29.9 Å².